The van der Waals surface area contributed by atoms with Crippen LogP contribution in [0.25, 0.3) is 11.0 Å². The summed E-state index contributed by atoms with van der Waals surface area (Å²) in [6.45, 7) is 2.05. The first kappa shape index (κ1) is 26.4. The number of carboxylic acid groups (broad SMARTS) is 1. The van der Waals surface area contributed by atoms with Gasteiger partial charge in [0.25, 0.3) is 6.47 Å². The molecule has 2 N–H and O–H groups in total. The molecule has 0 spiro atoms. The van der Waals surface area contributed by atoms with Gasteiger partial charge < -0.3 is 24.5 Å². The first-order valence-electron chi connectivity index (χ1n) is 12.4. The third-order valence-electron chi connectivity index (χ3n) is 7.35. The summed E-state index contributed by atoms with van der Waals surface area (Å²) in [6.07, 6.45) is 8.99. The number of fused-ring (bicyclic) bond motifs is 3. The van der Waals surface area contributed by atoms with Gasteiger partial charge in [-0.15, -0.1) is 0 Å². The van der Waals surface area contributed by atoms with Gasteiger partial charge in [-0.2, -0.15) is 0 Å². The van der Waals surface area contributed by atoms with E-state index in [4.69, 9.17) is 20.0 Å². The van der Waals surface area contributed by atoms with Crippen molar-refractivity contribution in [3.05, 3.63) is 59.4 Å². The van der Waals surface area contributed by atoms with Crippen molar-refractivity contribution in [3.63, 3.8) is 0 Å². The monoisotopic (exact) mass is 479 g/mol. The molecule has 2 aliphatic rings. The average molecular weight is 480 g/mol. The maximum Gasteiger partial charge on any atom is 0.290 e. The van der Waals surface area contributed by atoms with Gasteiger partial charge >= 0.3 is 0 Å². The highest BCUT2D eigenvalue weighted by atomic mass is 16.3. The van der Waals surface area contributed by atoms with Crippen LogP contribution >= 0.6 is 0 Å². The molecule has 2 atom stereocenters. The lowest BCUT2D eigenvalue weighted by Crippen LogP contribution is -2.33. The minimum absolute atomic E-state index is 0.151. The molecule has 7 nitrogen and oxygen atoms in total. The van der Waals surface area contributed by atoms with Crippen LogP contribution in [0, 0.1) is 0 Å². The molecule has 3 aromatic rings. The van der Waals surface area contributed by atoms with E-state index in [2.05, 4.69) is 47.7 Å². The van der Waals surface area contributed by atoms with Crippen molar-refractivity contribution in [2.45, 2.75) is 69.9 Å². The summed E-state index contributed by atoms with van der Waals surface area (Å²) >= 11 is 0. The molecule has 2 aromatic carbocycles. The highest BCUT2D eigenvalue weighted by molar-refractivity contribution is 5.86. The molecule has 1 saturated carbocycles. The Bertz CT molecular complexity index is 1110. The van der Waals surface area contributed by atoms with E-state index in [1.807, 2.05) is 18.2 Å². The summed E-state index contributed by atoms with van der Waals surface area (Å²) in [5.74, 6) is 0.925. The molecule has 1 aromatic heterocycles. The largest absolute Gasteiger partial charge is 0.483 e. The van der Waals surface area contributed by atoms with Crippen LogP contribution in [0.15, 0.2) is 42.5 Å². The van der Waals surface area contributed by atoms with Gasteiger partial charge in [0.1, 0.15) is 12.1 Å². The van der Waals surface area contributed by atoms with Crippen molar-refractivity contribution < 1.29 is 19.8 Å². The number of rotatable bonds is 5. The zero-order chi connectivity index (χ0) is 25.4. The number of benzene rings is 2. The van der Waals surface area contributed by atoms with E-state index in [9.17, 15) is 4.79 Å². The molecule has 0 amide bonds. The van der Waals surface area contributed by atoms with Crippen LogP contribution in [0.2, 0.25) is 0 Å². The summed E-state index contributed by atoms with van der Waals surface area (Å²) in [4.78, 5) is 28.0. The number of imidazole rings is 1. The topological polar surface area (TPSA) is 95.7 Å². The van der Waals surface area contributed by atoms with Gasteiger partial charge in [-0.1, -0.05) is 43.2 Å². The van der Waals surface area contributed by atoms with E-state index in [0.717, 1.165) is 43.1 Å². The summed E-state index contributed by atoms with van der Waals surface area (Å²) in [7, 11) is 3.20. The summed E-state index contributed by atoms with van der Waals surface area (Å²) < 4.78 is 2.49. The minimum Gasteiger partial charge on any atom is -0.483 e. The van der Waals surface area contributed by atoms with Crippen molar-refractivity contribution in [2.24, 2.45) is 0 Å². The molecule has 1 aliphatic heterocycles. The summed E-state index contributed by atoms with van der Waals surface area (Å²) in [5.41, 5.74) is 6.20. The zero-order valence-electron chi connectivity index (χ0n) is 20.9. The van der Waals surface area contributed by atoms with E-state index >= 15 is 0 Å². The van der Waals surface area contributed by atoms with Crippen LogP contribution in [0.4, 0.5) is 5.69 Å². The molecule has 1 fully saturated rings. The number of nitrogens with zero attached hydrogens (tertiary/aromatic N) is 3. The highest BCUT2D eigenvalue weighted by Crippen LogP contribution is 2.39. The van der Waals surface area contributed by atoms with Gasteiger partial charge in [0.05, 0.1) is 11.0 Å². The van der Waals surface area contributed by atoms with Gasteiger partial charge in [-0.25, -0.2) is 4.98 Å². The molecule has 1 aliphatic carbocycles. The van der Waals surface area contributed by atoms with Crippen LogP contribution in [-0.4, -0.2) is 52.7 Å². The molecule has 2 unspecified atom stereocenters. The number of aryl methyl sites for hydroxylation is 1. The highest BCUT2D eigenvalue weighted by Gasteiger charge is 2.28. The van der Waals surface area contributed by atoms with E-state index in [0.29, 0.717) is 18.5 Å². The smallest absolute Gasteiger partial charge is 0.290 e. The van der Waals surface area contributed by atoms with Crippen molar-refractivity contribution in [2.75, 3.05) is 19.1 Å². The van der Waals surface area contributed by atoms with Crippen LogP contribution in [0.1, 0.15) is 67.9 Å². The Morgan fingerprint density at radius 2 is 1.71 bits per heavy atom. The summed E-state index contributed by atoms with van der Waals surface area (Å²) in [6, 6.07) is 15.8. The van der Waals surface area contributed by atoms with Gasteiger partial charge in [0, 0.05) is 49.8 Å². The second kappa shape index (κ2) is 12.5. The Labute approximate surface area is 207 Å². The average Bonchev–Trinajstić information content (AvgIpc) is 3.54. The molecule has 5 rings (SSSR count). The quantitative estimate of drug-likeness (QED) is 0.513. The lowest BCUT2D eigenvalue weighted by Gasteiger charge is -2.34. The van der Waals surface area contributed by atoms with Gasteiger partial charge in [-0.05, 0) is 50.3 Å². The number of aliphatic hydroxyl groups is 1. The first-order chi connectivity index (χ1) is 17.1. The predicted molar refractivity (Wildman–Crippen MR) is 139 cm³/mol. The van der Waals surface area contributed by atoms with Crippen LogP contribution < -0.4 is 4.90 Å². The number of aldehydes is 1. The number of anilines is 1. The lowest BCUT2D eigenvalue weighted by atomic mass is 9.96. The Morgan fingerprint density at radius 1 is 1.06 bits per heavy atom. The fourth-order valence-corrected chi connectivity index (χ4v) is 5.47. The third kappa shape index (κ3) is 5.56. The SMILES string of the molecule is CC1CCc2c(ccc3c2nc(CC(C=O)c2ccccc2)n3C2CCCC2)N1C.CO.O=CO. The van der Waals surface area contributed by atoms with Crippen LogP contribution in [0.5, 0.6) is 0 Å². The van der Waals surface area contributed by atoms with Crippen molar-refractivity contribution in [1.82, 2.24) is 9.55 Å². The number of carbonyl (C=O) groups excluding carboxylic acids is 1. The van der Waals surface area contributed by atoms with E-state index in [1.165, 1.54) is 42.5 Å². The van der Waals surface area contributed by atoms with E-state index < -0.39 is 0 Å². The van der Waals surface area contributed by atoms with Gasteiger partial charge in [0.2, 0.25) is 0 Å². The van der Waals surface area contributed by atoms with Crippen LogP contribution in [-0.2, 0) is 22.4 Å². The third-order valence-corrected chi connectivity index (χ3v) is 7.35. The Morgan fingerprint density at radius 3 is 2.34 bits per heavy atom. The van der Waals surface area contributed by atoms with E-state index in [-0.39, 0.29) is 12.4 Å². The number of aliphatic hydroxyl groups excluding tert-OH is 1. The molecule has 0 bridgehead atoms. The fourth-order valence-electron chi connectivity index (χ4n) is 5.47. The van der Waals surface area contributed by atoms with Crippen molar-refractivity contribution in [3.8, 4) is 0 Å². The first-order valence-corrected chi connectivity index (χ1v) is 12.4. The molecule has 35 heavy (non-hydrogen) atoms. The standard InChI is InChI=1S/C26H31N3O.CH2O2.CH4O/c1-18-12-13-22-23(28(18)2)14-15-24-26(22)27-25(29(24)21-10-6-7-11-21)16-20(17-30)19-8-4-3-5-9-19;2-1-3;1-2/h3-5,8-9,14-15,17-18,20-21H,6-7,10-13,16H2,1-2H3;1H,(H,2,3);2H,1H3. The molecular formula is C28H37N3O4. The number of hydrogen-bond donors (Lipinski definition) is 2. The maximum atomic E-state index is 12.0. The zero-order valence-corrected chi connectivity index (χ0v) is 20.9. The van der Waals surface area contributed by atoms with Gasteiger partial charge in [-0.3, -0.25) is 4.79 Å². The number of hydrogen-bond acceptors (Lipinski definition) is 5. The second-order valence-electron chi connectivity index (χ2n) is 9.23. The second-order valence-corrected chi connectivity index (χ2v) is 9.23. The Kier molecular flexibility index (Phi) is 9.43. The normalized spacial score (nSPS) is 18.1. The van der Waals surface area contributed by atoms with E-state index in [1.54, 1.807) is 0 Å². The van der Waals surface area contributed by atoms with Gasteiger partial charge in [0.15, 0.2) is 0 Å². The molecule has 7 heteroatoms. The molecule has 0 saturated heterocycles. The number of aromatic nitrogens is 2. The minimum atomic E-state index is -0.250. The maximum absolute atomic E-state index is 12.0. The lowest BCUT2D eigenvalue weighted by molar-refractivity contribution is -0.122. The summed E-state index contributed by atoms with van der Waals surface area (Å²) in [5, 5.41) is 13.9. The molecule has 188 valence electrons. The molecular weight excluding hydrogens is 442 g/mol. The van der Waals surface area contributed by atoms with Crippen molar-refractivity contribution >= 4 is 29.5 Å². The van der Waals surface area contributed by atoms with Crippen LogP contribution in [0.3, 0.4) is 0 Å². The molecule has 2 heterocycles. The van der Waals surface area contributed by atoms with Crippen molar-refractivity contribution in [1.29, 1.82) is 0 Å². The predicted octanol–water partition coefficient (Wildman–Crippen LogP) is 4.76. The fraction of sp³-hybridized carbons (Fsp3) is 0.464. The number of carbonyl (C=O) groups is 2. The Hall–Kier alpha value is -3.19. The Balaban J connectivity index is 0.000000638. The molecule has 0 radical (unpaired) electrons.